The second-order valence-corrected chi connectivity index (χ2v) is 5.81. The molecule has 0 saturated heterocycles. The van der Waals surface area contributed by atoms with Gasteiger partial charge in [0.25, 0.3) is 0 Å². The van der Waals surface area contributed by atoms with Gasteiger partial charge in [-0.05, 0) is 43.5 Å². The Hall–Kier alpha value is -2.20. The van der Waals surface area contributed by atoms with E-state index in [1.54, 1.807) is 18.2 Å². The Morgan fingerprint density at radius 2 is 1.92 bits per heavy atom. The Labute approximate surface area is 147 Å². The smallest absolute Gasteiger partial charge is 0.340 e. The van der Waals surface area contributed by atoms with Gasteiger partial charge in [-0.15, -0.1) is 0 Å². The lowest BCUT2D eigenvalue weighted by Crippen LogP contribution is -2.10. The van der Waals surface area contributed by atoms with E-state index in [-0.39, 0.29) is 0 Å². The minimum absolute atomic E-state index is 0.400. The summed E-state index contributed by atoms with van der Waals surface area (Å²) in [6.45, 7) is 3.38. The van der Waals surface area contributed by atoms with Crippen LogP contribution < -0.4 is 10.1 Å². The maximum absolute atomic E-state index is 11.8. The Morgan fingerprint density at radius 3 is 2.67 bits per heavy atom. The van der Waals surface area contributed by atoms with Gasteiger partial charge in [0.15, 0.2) is 0 Å². The van der Waals surface area contributed by atoms with Crippen molar-refractivity contribution in [2.75, 3.05) is 25.6 Å². The summed E-state index contributed by atoms with van der Waals surface area (Å²) in [5, 5.41) is 3.73. The lowest BCUT2D eigenvalue weighted by atomic mass is 10.1. The van der Waals surface area contributed by atoms with Gasteiger partial charge in [-0.3, -0.25) is 0 Å². The average molecular weight is 348 g/mol. The quantitative estimate of drug-likeness (QED) is 0.555. The van der Waals surface area contributed by atoms with E-state index < -0.39 is 5.97 Å². The van der Waals surface area contributed by atoms with E-state index in [1.165, 1.54) is 7.11 Å². The van der Waals surface area contributed by atoms with Crippen molar-refractivity contribution in [3.63, 3.8) is 0 Å². The van der Waals surface area contributed by atoms with Gasteiger partial charge in [-0.25, -0.2) is 4.79 Å². The molecule has 0 aliphatic heterocycles. The highest BCUT2D eigenvalue weighted by atomic mass is 35.5. The molecule has 0 spiro atoms. The summed E-state index contributed by atoms with van der Waals surface area (Å²) in [6, 6.07) is 13.1. The molecule has 2 rings (SSSR count). The second-order valence-electron chi connectivity index (χ2n) is 5.40. The number of ether oxygens (including phenoxy) is 2. The Kier molecular flexibility index (Phi) is 6.94. The number of para-hydroxylation sites is 2. The van der Waals surface area contributed by atoms with Crippen LogP contribution in [0.3, 0.4) is 0 Å². The number of nitrogens with one attached hydrogen (secondary N) is 1. The molecular formula is C19H22ClNO3. The van der Waals surface area contributed by atoms with Crippen LogP contribution in [0, 0.1) is 6.92 Å². The van der Waals surface area contributed by atoms with Crippen LogP contribution in [0.2, 0.25) is 5.02 Å². The Morgan fingerprint density at radius 1 is 1.12 bits per heavy atom. The number of halogens is 1. The maximum Gasteiger partial charge on any atom is 0.340 e. The molecule has 0 radical (unpaired) electrons. The Balaban J connectivity index is 1.79. The highest BCUT2D eigenvalue weighted by Crippen LogP contribution is 2.26. The molecule has 0 saturated carbocycles. The fourth-order valence-electron chi connectivity index (χ4n) is 2.32. The van der Waals surface area contributed by atoms with Crippen molar-refractivity contribution in [3.8, 4) is 5.75 Å². The first kappa shape index (κ1) is 18.1. The first-order chi connectivity index (χ1) is 11.6. The van der Waals surface area contributed by atoms with Gasteiger partial charge in [0.05, 0.1) is 30.0 Å². The predicted octanol–water partition coefficient (Wildman–Crippen LogP) is 4.71. The molecule has 0 unspecified atom stereocenters. The van der Waals surface area contributed by atoms with Crippen LogP contribution in [0.25, 0.3) is 0 Å². The molecule has 0 aromatic heterocycles. The molecule has 0 aliphatic rings. The van der Waals surface area contributed by atoms with Crippen LogP contribution in [0.15, 0.2) is 42.5 Å². The van der Waals surface area contributed by atoms with E-state index in [4.69, 9.17) is 21.1 Å². The molecule has 24 heavy (non-hydrogen) atoms. The number of esters is 1. The van der Waals surface area contributed by atoms with Crippen LogP contribution in [-0.4, -0.2) is 26.2 Å². The minimum atomic E-state index is -0.400. The van der Waals surface area contributed by atoms with Gasteiger partial charge in [0.2, 0.25) is 0 Å². The Bertz CT molecular complexity index is 688. The zero-order chi connectivity index (χ0) is 17.4. The third kappa shape index (κ3) is 4.90. The van der Waals surface area contributed by atoms with Crippen LogP contribution in [-0.2, 0) is 4.74 Å². The summed E-state index contributed by atoms with van der Waals surface area (Å²) in [4.78, 5) is 11.8. The molecule has 2 aromatic carbocycles. The number of aryl methyl sites for hydroxylation is 1. The first-order valence-electron chi connectivity index (χ1n) is 7.92. The summed E-state index contributed by atoms with van der Waals surface area (Å²) in [7, 11) is 1.36. The zero-order valence-electron chi connectivity index (χ0n) is 14.0. The number of hydrogen-bond donors (Lipinski definition) is 1. The average Bonchev–Trinajstić information content (AvgIpc) is 2.59. The summed E-state index contributed by atoms with van der Waals surface area (Å²) in [5.41, 5.74) is 2.20. The summed E-state index contributed by atoms with van der Waals surface area (Å²) >= 11 is 6.17. The van der Waals surface area contributed by atoms with E-state index in [1.807, 2.05) is 31.2 Å². The van der Waals surface area contributed by atoms with E-state index in [2.05, 4.69) is 5.32 Å². The van der Waals surface area contributed by atoms with Crippen molar-refractivity contribution < 1.29 is 14.3 Å². The van der Waals surface area contributed by atoms with Crippen molar-refractivity contribution in [1.82, 2.24) is 0 Å². The number of hydrogen-bond acceptors (Lipinski definition) is 4. The van der Waals surface area contributed by atoms with Gasteiger partial charge < -0.3 is 14.8 Å². The standard InChI is InChI=1S/C19H22ClNO3/c1-14-8-3-4-11-17(14)24-13-6-5-12-21-18-15(19(22)23-2)9-7-10-16(18)20/h3-4,7-11,21H,5-6,12-13H2,1-2H3. The van der Waals surface area contributed by atoms with Gasteiger partial charge in [0, 0.05) is 6.54 Å². The molecule has 2 aromatic rings. The third-order valence-corrected chi connectivity index (χ3v) is 3.96. The molecule has 1 N–H and O–H groups in total. The van der Waals surface area contributed by atoms with Crippen molar-refractivity contribution in [3.05, 3.63) is 58.6 Å². The second kappa shape index (κ2) is 9.18. The molecule has 0 fully saturated rings. The normalized spacial score (nSPS) is 10.3. The number of methoxy groups -OCH3 is 1. The molecule has 0 bridgehead atoms. The van der Waals surface area contributed by atoms with Crippen LogP contribution in [0.4, 0.5) is 5.69 Å². The van der Waals surface area contributed by atoms with Crippen LogP contribution in [0.1, 0.15) is 28.8 Å². The van der Waals surface area contributed by atoms with Crippen molar-refractivity contribution in [2.45, 2.75) is 19.8 Å². The van der Waals surface area contributed by atoms with E-state index in [0.717, 1.165) is 24.2 Å². The number of carbonyl (C=O) groups excluding carboxylic acids is 1. The lowest BCUT2D eigenvalue weighted by molar-refractivity contribution is 0.0602. The van der Waals surface area contributed by atoms with Gasteiger partial charge in [0.1, 0.15) is 5.75 Å². The number of carbonyl (C=O) groups is 1. The van der Waals surface area contributed by atoms with E-state index >= 15 is 0 Å². The number of unbranched alkanes of at least 4 members (excludes halogenated alkanes) is 1. The largest absolute Gasteiger partial charge is 0.493 e. The molecule has 0 atom stereocenters. The van der Waals surface area contributed by atoms with E-state index in [0.29, 0.717) is 29.4 Å². The van der Waals surface area contributed by atoms with Crippen LogP contribution >= 0.6 is 11.6 Å². The van der Waals surface area contributed by atoms with Crippen molar-refractivity contribution in [1.29, 1.82) is 0 Å². The molecule has 0 amide bonds. The minimum Gasteiger partial charge on any atom is -0.493 e. The molecule has 0 heterocycles. The molecule has 128 valence electrons. The van der Waals surface area contributed by atoms with Crippen LogP contribution in [0.5, 0.6) is 5.75 Å². The fraction of sp³-hybridized carbons (Fsp3) is 0.316. The fourth-order valence-corrected chi connectivity index (χ4v) is 2.57. The highest BCUT2D eigenvalue weighted by molar-refractivity contribution is 6.34. The lowest BCUT2D eigenvalue weighted by Gasteiger charge is -2.13. The maximum atomic E-state index is 11.8. The number of anilines is 1. The summed E-state index contributed by atoms with van der Waals surface area (Å²) < 4.78 is 10.5. The SMILES string of the molecule is COC(=O)c1cccc(Cl)c1NCCCCOc1ccccc1C. The monoisotopic (exact) mass is 347 g/mol. The topological polar surface area (TPSA) is 47.6 Å². The van der Waals surface area contributed by atoms with Gasteiger partial charge >= 0.3 is 5.97 Å². The summed E-state index contributed by atoms with van der Waals surface area (Å²) in [5.74, 6) is 0.521. The summed E-state index contributed by atoms with van der Waals surface area (Å²) in [6.07, 6.45) is 1.80. The first-order valence-corrected chi connectivity index (χ1v) is 8.30. The zero-order valence-corrected chi connectivity index (χ0v) is 14.7. The van der Waals surface area contributed by atoms with E-state index in [9.17, 15) is 4.79 Å². The van der Waals surface area contributed by atoms with Crippen molar-refractivity contribution >= 4 is 23.3 Å². The number of benzene rings is 2. The van der Waals surface area contributed by atoms with Crippen molar-refractivity contribution in [2.24, 2.45) is 0 Å². The molecule has 5 heteroatoms. The number of rotatable bonds is 8. The predicted molar refractivity (Wildman–Crippen MR) is 97.2 cm³/mol. The molecular weight excluding hydrogens is 326 g/mol. The van der Waals surface area contributed by atoms with Gasteiger partial charge in [-0.2, -0.15) is 0 Å². The highest BCUT2D eigenvalue weighted by Gasteiger charge is 2.13. The van der Waals surface area contributed by atoms with Gasteiger partial charge in [-0.1, -0.05) is 35.9 Å². The molecule has 4 nitrogen and oxygen atoms in total. The third-order valence-electron chi connectivity index (χ3n) is 3.64. The molecule has 0 aliphatic carbocycles.